The van der Waals surface area contributed by atoms with Gasteiger partial charge in [0.25, 0.3) is 0 Å². The van der Waals surface area contributed by atoms with Crippen LogP contribution in [0.3, 0.4) is 0 Å². The Morgan fingerprint density at radius 2 is 1.53 bits per heavy atom. The zero-order chi connectivity index (χ0) is 14.3. The predicted octanol–water partition coefficient (Wildman–Crippen LogP) is 3.09. The maximum Gasteiger partial charge on any atom is 0.0602 e. The average Bonchev–Trinajstić information content (AvgIpc) is 2.32. The minimum Gasteiger partial charge on any atom is -0.301 e. The molecule has 1 aliphatic rings. The van der Waals surface area contributed by atoms with E-state index in [1.807, 2.05) is 0 Å². The standard InChI is InChI=1S/C17H32N2/c1-16(2)8-11-19-14-12-18(13-15-19)10-7-6-9-17(3,4)5/h16H,8-15H2,1-5H3. The molecule has 1 saturated heterocycles. The summed E-state index contributed by atoms with van der Waals surface area (Å²) in [5, 5.41) is 0. The van der Waals surface area contributed by atoms with Crippen LogP contribution in [0.15, 0.2) is 0 Å². The number of piperazine rings is 1. The first-order valence-corrected chi connectivity index (χ1v) is 7.77. The lowest BCUT2D eigenvalue weighted by Gasteiger charge is -2.34. The van der Waals surface area contributed by atoms with E-state index in [1.54, 1.807) is 0 Å². The van der Waals surface area contributed by atoms with Gasteiger partial charge in [0.15, 0.2) is 0 Å². The fraction of sp³-hybridized carbons (Fsp3) is 0.882. The van der Waals surface area contributed by atoms with Crippen molar-refractivity contribution in [1.82, 2.24) is 9.80 Å². The first-order valence-electron chi connectivity index (χ1n) is 7.77. The van der Waals surface area contributed by atoms with E-state index >= 15 is 0 Å². The lowest BCUT2D eigenvalue weighted by molar-refractivity contribution is 0.139. The van der Waals surface area contributed by atoms with E-state index in [0.717, 1.165) is 18.9 Å². The molecule has 0 saturated carbocycles. The summed E-state index contributed by atoms with van der Waals surface area (Å²) in [5.41, 5.74) is 0.336. The third-order valence-corrected chi connectivity index (χ3v) is 3.53. The average molecular weight is 264 g/mol. The summed E-state index contributed by atoms with van der Waals surface area (Å²) in [6.45, 7) is 18.4. The van der Waals surface area contributed by atoms with Crippen LogP contribution in [-0.4, -0.2) is 49.1 Å². The number of hydrogen-bond donors (Lipinski definition) is 0. The van der Waals surface area contributed by atoms with E-state index in [0.29, 0.717) is 5.41 Å². The van der Waals surface area contributed by atoms with E-state index in [2.05, 4.69) is 56.3 Å². The molecule has 0 aliphatic carbocycles. The van der Waals surface area contributed by atoms with E-state index < -0.39 is 0 Å². The monoisotopic (exact) mass is 264 g/mol. The van der Waals surface area contributed by atoms with Crippen LogP contribution in [0, 0.1) is 23.2 Å². The van der Waals surface area contributed by atoms with Gasteiger partial charge in [-0.15, -0.1) is 5.92 Å². The van der Waals surface area contributed by atoms with Crippen molar-refractivity contribution in [2.24, 2.45) is 11.3 Å². The fourth-order valence-corrected chi connectivity index (χ4v) is 2.11. The number of rotatable bonds is 4. The molecule has 2 nitrogen and oxygen atoms in total. The van der Waals surface area contributed by atoms with Gasteiger partial charge in [-0.2, -0.15) is 0 Å². The zero-order valence-electron chi connectivity index (χ0n) is 13.6. The molecule has 2 heteroatoms. The second kappa shape index (κ2) is 7.92. The van der Waals surface area contributed by atoms with Crippen LogP contribution < -0.4 is 0 Å². The summed E-state index contributed by atoms with van der Waals surface area (Å²) >= 11 is 0. The van der Waals surface area contributed by atoms with Crippen LogP contribution in [0.5, 0.6) is 0 Å². The highest BCUT2D eigenvalue weighted by Gasteiger charge is 2.15. The highest BCUT2D eigenvalue weighted by atomic mass is 15.3. The van der Waals surface area contributed by atoms with Gasteiger partial charge in [-0.05, 0) is 24.3 Å². The minimum absolute atomic E-state index is 0.336. The first kappa shape index (κ1) is 16.5. The Bertz CT molecular complexity index is 295. The van der Waals surface area contributed by atoms with E-state index in [4.69, 9.17) is 0 Å². The van der Waals surface area contributed by atoms with Crippen LogP contribution in [0.4, 0.5) is 0 Å². The molecule has 19 heavy (non-hydrogen) atoms. The van der Waals surface area contributed by atoms with E-state index in [-0.39, 0.29) is 0 Å². The molecule has 0 aromatic carbocycles. The van der Waals surface area contributed by atoms with Crippen LogP contribution in [0.1, 0.15) is 47.5 Å². The van der Waals surface area contributed by atoms with Gasteiger partial charge in [0.1, 0.15) is 0 Å². The van der Waals surface area contributed by atoms with Crippen molar-refractivity contribution in [2.75, 3.05) is 39.3 Å². The van der Waals surface area contributed by atoms with Gasteiger partial charge in [-0.1, -0.05) is 40.5 Å². The van der Waals surface area contributed by atoms with Crippen molar-refractivity contribution in [3.05, 3.63) is 0 Å². The molecule has 0 aromatic heterocycles. The number of hydrogen-bond acceptors (Lipinski definition) is 2. The highest BCUT2D eigenvalue weighted by molar-refractivity contribution is 5.03. The molecule has 0 aromatic rings. The number of nitrogens with zero attached hydrogens (tertiary/aromatic N) is 2. The van der Waals surface area contributed by atoms with Crippen molar-refractivity contribution in [3.8, 4) is 11.8 Å². The van der Waals surface area contributed by atoms with Crippen LogP contribution >= 0.6 is 0 Å². The van der Waals surface area contributed by atoms with Gasteiger partial charge in [0.2, 0.25) is 0 Å². The molecule has 0 bridgehead atoms. The third kappa shape index (κ3) is 8.29. The van der Waals surface area contributed by atoms with Crippen LogP contribution in [-0.2, 0) is 0 Å². The van der Waals surface area contributed by atoms with Gasteiger partial charge in [0, 0.05) is 32.6 Å². The lowest BCUT2D eigenvalue weighted by Crippen LogP contribution is -2.46. The smallest absolute Gasteiger partial charge is 0.0602 e. The maximum atomic E-state index is 3.33. The molecule has 1 aliphatic heterocycles. The Balaban J connectivity index is 2.16. The largest absolute Gasteiger partial charge is 0.301 e. The molecule has 0 spiro atoms. The van der Waals surface area contributed by atoms with Crippen molar-refractivity contribution >= 4 is 0 Å². The van der Waals surface area contributed by atoms with Gasteiger partial charge >= 0.3 is 0 Å². The second-order valence-corrected chi connectivity index (χ2v) is 7.39. The fourth-order valence-electron chi connectivity index (χ4n) is 2.11. The Morgan fingerprint density at radius 3 is 2.05 bits per heavy atom. The normalized spacial score (nSPS) is 18.4. The first-order chi connectivity index (χ1) is 8.87. The summed E-state index contributed by atoms with van der Waals surface area (Å²) in [6.07, 6.45) is 2.33. The molecule has 0 radical (unpaired) electrons. The molecule has 1 rings (SSSR count). The molecule has 110 valence electrons. The summed E-state index contributed by atoms with van der Waals surface area (Å²) in [5.74, 6) is 7.47. The zero-order valence-corrected chi connectivity index (χ0v) is 13.6. The molecule has 0 amide bonds. The Kier molecular flexibility index (Phi) is 6.89. The minimum atomic E-state index is 0.336. The molecule has 1 fully saturated rings. The quantitative estimate of drug-likeness (QED) is 0.720. The summed E-state index contributed by atoms with van der Waals surface area (Å²) in [6, 6.07) is 0. The topological polar surface area (TPSA) is 6.48 Å². The Labute approximate surface area is 120 Å². The summed E-state index contributed by atoms with van der Waals surface area (Å²) in [4.78, 5) is 5.08. The lowest BCUT2D eigenvalue weighted by atomic mass is 9.93. The molecule has 0 atom stereocenters. The molecule has 0 N–H and O–H groups in total. The van der Waals surface area contributed by atoms with Gasteiger partial charge in [-0.3, -0.25) is 4.90 Å². The van der Waals surface area contributed by atoms with Crippen LogP contribution in [0.25, 0.3) is 0 Å². The van der Waals surface area contributed by atoms with Crippen molar-refractivity contribution in [2.45, 2.75) is 47.5 Å². The third-order valence-electron chi connectivity index (χ3n) is 3.53. The molecule has 0 unspecified atom stereocenters. The molecular weight excluding hydrogens is 232 g/mol. The van der Waals surface area contributed by atoms with Gasteiger partial charge in [-0.25, -0.2) is 0 Å². The van der Waals surface area contributed by atoms with Gasteiger partial charge in [0.05, 0.1) is 6.54 Å². The van der Waals surface area contributed by atoms with Gasteiger partial charge < -0.3 is 4.90 Å². The predicted molar refractivity (Wildman–Crippen MR) is 84.2 cm³/mol. The summed E-state index contributed by atoms with van der Waals surface area (Å²) < 4.78 is 0. The van der Waals surface area contributed by atoms with E-state index in [1.165, 1.54) is 39.1 Å². The highest BCUT2D eigenvalue weighted by Crippen LogP contribution is 2.16. The Morgan fingerprint density at radius 1 is 0.947 bits per heavy atom. The van der Waals surface area contributed by atoms with Crippen molar-refractivity contribution < 1.29 is 0 Å². The second-order valence-electron chi connectivity index (χ2n) is 7.39. The van der Waals surface area contributed by atoms with Crippen molar-refractivity contribution in [3.63, 3.8) is 0 Å². The van der Waals surface area contributed by atoms with E-state index in [9.17, 15) is 0 Å². The van der Waals surface area contributed by atoms with Crippen molar-refractivity contribution in [1.29, 1.82) is 0 Å². The molecule has 1 heterocycles. The molecular formula is C17H32N2. The maximum absolute atomic E-state index is 3.33. The Hall–Kier alpha value is -0.520. The SMILES string of the molecule is CC(C)CCN1CCN(CC#CCC(C)(C)C)CC1. The summed E-state index contributed by atoms with van der Waals surface area (Å²) in [7, 11) is 0. The van der Waals surface area contributed by atoms with Crippen LogP contribution in [0.2, 0.25) is 0 Å².